The van der Waals surface area contributed by atoms with E-state index in [0.717, 1.165) is 32.4 Å². The summed E-state index contributed by atoms with van der Waals surface area (Å²) in [6.45, 7) is 6.85. The lowest BCUT2D eigenvalue weighted by molar-refractivity contribution is -0.385. The first-order valence-electron chi connectivity index (χ1n) is 9.85. The molecule has 160 valence electrons. The van der Waals surface area contributed by atoms with Gasteiger partial charge in [-0.25, -0.2) is 0 Å². The van der Waals surface area contributed by atoms with Crippen molar-refractivity contribution in [2.45, 2.75) is 45.6 Å². The van der Waals surface area contributed by atoms with E-state index in [0.29, 0.717) is 30.6 Å². The number of benzene rings is 1. The summed E-state index contributed by atoms with van der Waals surface area (Å²) < 4.78 is 0. The maximum Gasteiger partial charge on any atom is 0.272 e. The number of halogens is 1. The Balaban J connectivity index is 0.00000300. The Morgan fingerprint density at radius 3 is 2.66 bits per heavy atom. The van der Waals surface area contributed by atoms with Gasteiger partial charge in [0, 0.05) is 30.3 Å². The quantitative estimate of drug-likeness (QED) is 0.558. The molecular weight excluding hydrogens is 396 g/mol. The van der Waals surface area contributed by atoms with Gasteiger partial charge in [0.1, 0.15) is 6.04 Å². The van der Waals surface area contributed by atoms with Crippen molar-refractivity contribution in [1.29, 1.82) is 0 Å². The number of aryl methyl sites for hydroxylation is 1. The van der Waals surface area contributed by atoms with Gasteiger partial charge in [0.15, 0.2) is 0 Å². The number of nitrogens with one attached hydrogen (secondary N) is 2. The van der Waals surface area contributed by atoms with Crippen LogP contribution in [-0.2, 0) is 4.79 Å². The number of rotatable bonds is 5. The monoisotopic (exact) mass is 424 g/mol. The number of piperidine rings is 1. The van der Waals surface area contributed by atoms with E-state index in [4.69, 9.17) is 0 Å². The zero-order valence-electron chi connectivity index (χ0n) is 16.9. The Labute approximate surface area is 177 Å². The molecule has 2 fully saturated rings. The molecule has 1 atom stereocenters. The van der Waals surface area contributed by atoms with Crippen molar-refractivity contribution >= 4 is 29.9 Å². The van der Waals surface area contributed by atoms with Crippen LogP contribution in [0.4, 0.5) is 5.69 Å². The molecule has 0 aromatic heterocycles. The SMILES string of the molecule is Cc1cc(C(=O)N2CCCC2C(=O)NCC2(C)CCNCC2)ccc1[N+](=O)[O-].Cl. The molecule has 2 saturated heterocycles. The van der Waals surface area contributed by atoms with Crippen molar-refractivity contribution in [2.75, 3.05) is 26.2 Å². The average Bonchev–Trinajstić information content (AvgIpc) is 3.15. The molecule has 3 rings (SSSR count). The highest BCUT2D eigenvalue weighted by Gasteiger charge is 2.36. The summed E-state index contributed by atoms with van der Waals surface area (Å²) >= 11 is 0. The van der Waals surface area contributed by atoms with E-state index < -0.39 is 11.0 Å². The second kappa shape index (κ2) is 9.54. The second-order valence-corrected chi connectivity index (χ2v) is 8.19. The summed E-state index contributed by atoms with van der Waals surface area (Å²) in [6.07, 6.45) is 3.45. The summed E-state index contributed by atoms with van der Waals surface area (Å²) in [7, 11) is 0. The number of amides is 2. The highest BCUT2D eigenvalue weighted by atomic mass is 35.5. The number of likely N-dealkylation sites (tertiary alicyclic amines) is 1. The third kappa shape index (κ3) is 5.25. The van der Waals surface area contributed by atoms with Gasteiger partial charge in [-0.1, -0.05) is 6.92 Å². The predicted molar refractivity (Wildman–Crippen MR) is 112 cm³/mol. The van der Waals surface area contributed by atoms with Gasteiger partial charge < -0.3 is 15.5 Å². The second-order valence-electron chi connectivity index (χ2n) is 8.19. The van der Waals surface area contributed by atoms with Crippen LogP contribution in [0.1, 0.15) is 48.5 Å². The zero-order chi connectivity index (χ0) is 20.3. The molecule has 0 bridgehead atoms. The minimum absolute atomic E-state index is 0. The minimum atomic E-state index is -0.478. The maximum atomic E-state index is 12.9. The standard InChI is InChI=1S/C20H28N4O4.ClH/c1-14-12-15(5-6-16(14)24(27)28)19(26)23-11-3-4-17(23)18(25)22-13-20(2)7-9-21-10-8-20;/h5-6,12,17,21H,3-4,7-11,13H2,1-2H3,(H,22,25);1H. The number of carbonyl (C=O) groups excluding carboxylic acids is 2. The van der Waals surface area contributed by atoms with Gasteiger partial charge in [-0.2, -0.15) is 0 Å². The van der Waals surface area contributed by atoms with Crippen LogP contribution in [0.15, 0.2) is 18.2 Å². The first kappa shape index (κ1) is 23.1. The van der Waals surface area contributed by atoms with E-state index in [2.05, 4.69) is 17.6 Å². The van der Waals surface area contributed by atoms with Gasteiger partial charge in [0.05, 0.1) is 4.92 Å². The van der Waals surface area contributed by atoms with Crippen molar-refractivity contribution in [1.82, 2.24) is 15.5 Å². The van der Waals surface area contributed by atoms with Crippen LogP contribution >= 0.6 is 12.4 Å². The molecule has 2 amide bonds. The lowest BCUT2D eigenvalue weighted by Crippen LogP contribution is -2.49. The van der Waals surface area contributed by atoms with Gasteiger partial charge in [0.25, 0.3) is 11.6 Å². The Morgan fingerprint density at radius 2 is 2.03 bits per heavy atom. The largest absolute Gasteiger partial charge is 0.354 e. The molecule has 1 aromatic rings. The average molecular weight is 425 g/mol. The fraction of sp³-hybridized carbons (Fsp3) is 0.600. The highest BCUT2D eigenvalue weighted by Crippen LogP contribution is 2.28. The van der Waals surface area contributed by atoms with Crippen molar-refractivity contribution in [3.63, 3.8) is 0 Å². The molecule has 8 nitrogen and oxygen atoms in total. The van der Waals surface area contributed by atoms with Crippen LogP contribution in [0, 0.1) is 22.5 Å². The molecule has 0 aliphatic carbocycles. The number of nitro benzene ring substituents is 1. The first-order chi connectivity index (χ1) is 13.3. The van der Waals surface area contributed by atoms with E-state index in [1.54, 1.807) is 11.8 Å². The Hall–Kier alpha value is -2.19. The summed E-state index contributed by atoms with van der Waals surface area (Å²) in [4.78, 5) is 37.8. The van der Waals surface area contributed by atoms with E-state index in [-0.39, 0.29) is 35.3 Å². The van der Waals surface area contributed by atoms with Gasteiger partial charge >= 0.3 is 0 Å². The highest BCUT2D eigenvalue weighted by molar-refractivity contribution is 5.98. The minimum Gasteiger partial charge on any atom is -0.354 e. The van der Waals surface area contributed by atoms with E-state index in [1.807, 2.05) is 0 Å². The summed E-state index contributed by atoms with van der Waals surface area (Å²) in [5.41, 5.74) is 0.898. The number of nitro groups is 1. The van der Waals surface area contributed by atoms with Crippen molar-refractivity contribution < 1.29 is 14.5 Å². The molecule has 2 aliphatic heterocycles. The van der Waals surface area contributed by atoms with Crippen LogP contribution in [0.5, 0.6) is 0 Å². The summed E-state index contributed by atoms with van der Waals surface area (Å²) in [5, 5.41) is 17.4. The molecule has 2 heterocycles. The van der Waals surface area contributed by atoms with Crippen LogP contribution in [-0.4, -0.2) is 53.9 Å². The Morgan fingerprint density at radius 1 is 1.34 bits per heavy atom. The number of hydrogen-bond donors (Lipinski definition) is 2. The van der Waals surface area contributed by atoms with Gasteiger partial charge in [0.2, 0.25) is 5.91 Å². The van der Waals surface area contributed by atoms with Crippen LogP contribution < -0.4 is 10.6 Å². The van der Waals surface area contributed by atoms with Crippen molar-refractivity contribution in [2.24, 2.45) is 5.41 Å². The number of carbonyl (C=O) groups is 2. The van der Waals surface area contributed by atoms with Gasteiger partial charge in [-0.15, -0.1) is 12.4 Å². The van der Waals surface area contributed by atoms with Crippen LogP contribution in [0.3, 0.4) is 0 Å². The fourth-order valence-corrected chi connectivity index (χ4v) is 4.07. The number of hydrogen-bond acceptors (Lipinski definition) is 5. The lowest BCUT2D eigenvalue weighted by Gasteiger charge is -2.35. The third-order valence-corrected chi connectivity index (χ3v) is 5.96. The zero-order valence-corrected chi connectivity index (χ0v) is 17.7. The van der Waals surface area contributed by atoms with Gasteiger partial charge in [-0.05, 0) is 63.2 Å². The molecule has 0 spiro atoms. The molecular formula is C20H29ClN4O4. The molecule has 1 aromatic carbocycles. The normalized spacial score (nSPS) is 20.6. The molecule has 9 heteroatoms. The molecule has 2 aliphatic rings. The van der Waals surface area contributed by atoms with Crippen LogP contribution in [0.2, 0.25) is 0 Å². The van der Waals surface area contributed by atoms with Crippen LogP contribution in [0.25, 0.3) is 0 Å². The number of nitrogens with zero attached hydrogens (tertiary/aromatic N) is 2. The summed E-state index contributed by atoms with van der Waals surface area (Å²) in [5.74, 6) is -0.354. The predicted octanol–water partition coefficient (Wildman–Crippen LogP) is 2.44. The van der Waals surface area contributed by atoms with Crippen molar-refractivity contribution in [3.8, 4) is 0 Å². The molecule has 1 unspecified atom stereocenters. The van der Waals surface area contributed by atoms with E-state index in [9.17, 15) is 19.7 Å². The first-order valence-corrected chi connectivity index (χ1v) is 9.85. The Kier molecular flexibility index (Phi) is 7.60. The lowest BCUT2D eigenvalue weighted by atomic mass is 9.81. The van der Waals surface area contributed by atoms with E-state index in [1.165, 1.54) is 18.2 Å². The van der Waals surface area contributed by atoms with Gasteiger partial charge in [-0.3, -0.25) is 19.7 Å². The maximum absolute atomic E-state index is 12.9. The summed E-state index contributed by atoms with van der Waals surface area (Å²) in [6, 6.07) is 3.88. The molecule has 0 radical (unpaired) electrons. The fourth-order valence-electron chi connectivity index (χ4n) is 4.07. The third-order valence-electron chi connectivity index (χ3n) is 5.96. The Bertz CT molecular complexity index is 780. The smallest absolute Gasteiger partial charge is 0.272 e. The topological polar surface area (TPSA) is 105 Å². The van der Waals surface area contributed by atoms with E-state index >= 15 is 0 Å². The molecule has 0 saturated carbocycles. The van der Waals surface area contributed by atoms with Crippen molar-refractivity contribution in [3.05, 3.63) is 39.4 Å². The molecule has 2 N–H and O–H groups in total. The molecule has 29 heavy (non-hydrogen) atoms.